The van der Waals surface area contributed by atoms with E-state index in [0.29, 0.717) is 13.0 Å². The van der Waals surface area contributed by atoms with Crippen molar-refractivity contribution in [3.8, 4) is 5.75 Å². The van der Waals surface area contributed by atoms with Crippen LogP contribution in [0.25, 0.3) is 0 Å². The maximum atomic E-state index is 8.65. The third-order valence-electron chi connectivity index (χ3n) is 2.32. The number of aliphatic hydroxyl groups is 1. The number of nitrogens with one attached hydrogen (secondary N) is 1. The molecule has 0 fully saturated rings. The zero-order chi connectivity index (χ0) is 12.7. The molecule has 0 aliphatic heterocycles. The zero-order valence-corrected chi connectivity index (χ0v) is 11.0. The fraction of sp³-hybridized carbons (Fsp3) is 0.571. The van der Waals surface area contributed by atoms with E-state index in [2.05, 4.69) is 38.2 Å². The van der Waals surface area contributed by atoms with E-state index in [-0.39, 0.29) is 12.1 Å². The van der Waals surface area contributed by atoms with Gasteiger partial charge < -0.3 is 15.2 Å². The Morgan fingerprint density at radius 2 is 1.82 bits per heavy atom. The first-order valence-electron chi connectivity index (χ1n) is 6.09. The molecule has 0 saturated carbocycles. The van der Waals surface area contributed by atoms with Crippen LogP contribution in [0.5, 0.6) is 5.75 Å². The SMILES string of the molecule is CC(C)(C)NCc1ccc(OCCCO)cc1. The number of hydrogen-bond acceptors (Lipinski definition) is 3. The highest BCUT2D eigenvalue weighted by molar-refractivity contribution is 5.27. The second-order valence-corrected chi connectivity index (χ2v) is 5.17. The highest BCUT2D eigenvalue weighted by Gasteiger charge is 2.07. The summed E-state index contributed by atoms with van der Waals surface area (Å²) in [6.07, 6.45) is 0.674. The van der Waals surface area contributed by atoms with E-state index in [1.807, 2.05) is 12.1 Å². The summed E-state index contributed by atoms with van der Waals surface area (Å²) in [5.74, 6) is 0.859. The molecule has 17 heavy (non-hydrogen) atoms. The fourth-order valence-corrected chi connectivity index (χ4v) is 1.33. The molecule has 0 saturated heterocycles. The van der Waals surface area contributed by atoms with Crippen molar-refractivity contribution in [2.75, 3.05) is 13.2 Å². The molecule has 0 heterocycles. The monoisotopic (exact) mass is 237 g/mol. The standard InChI is InChI=1S/C14H23NO2/c1-14(2,3)15-11-12-5-7-13(8-6-12)17-10-4-9-16/h5-8,15-16H,4,9-11H2,1-3H3. The van der Waals surface area contributed by atoms with Gasteiger partial charge in [0.2, 0.25) is 0 Å². The molecule has 1 aromatic carbocycles. The van der Waals surface area contributed by atoms with E-state index >= 15 is 0 Å². The van der Waals surface area contributed by atoms with Gasteiger partial charge in [-0.25, -0.2) is 0 Å². The van der Waals surface area contributed by atoms with Gasteiger partial charge in [-0.2, -0.15) is 0 Å². The highest BCUT2D eigenvalue weighted by Crippen LogP contribution is 2.13. The molecule has 1 rings (SSSR count). The molecule has 3 heteroatoms. The van der Waals surface area contributed by atoms with Gasteiger partial charge in [0.1, 0.15) is 5.75 Å². The molecule has 0 radical (unpaired) electrons. The van der Waals surface area contributed by atoms with Gasteiger partial charge in [-0.05, 0) is 38.5 Å². The summed E-state index contributed by atoms with van der Waals surface area (Å²) >= 11 is 0. The van der Waals surface area contributed by atoms with Gasteiger partial charge in [-0.3, -0.25) is 0 Å². The average Bonchev–Trinajstić information content (AvgIpc) is 2.27. The molecule has 3 nitrogen and oxygen atoms in total. The number of ether oxygens (including phenoxy) is 1. The predicted octanol–water partition coefficient (Wildman–Crippen LogP) is 2.34. The van der Waals surface area contributed by atoms with Crippen LogP contribution in [0, 0.1) is 0 Å². The Morgan fingerprint density at radius 3 is 2.35 bits per heavy atom. The van der Waals surface area contributed by atoms with Crippen LogP contribution in [0.1, 0.15) is 32.8 Å². The van der Waals surface area contributed by atoms with Crippen LogP contribution in [0.2, 0.25) is 0 Å². The van der Waals surface area contributed by atoms with E-state index in [4.69, 9.17) is 9.84 Å². The van der Waals surface area contributed by atoms with E-state index < -0.39 is 0 Å². The molecule has 0 atom stereocenters. The van der Waals surface area contributed by atoms with Crippen molar-refractivity contribution in [3.63, 3.8) is 0 Å². The van der Waals surface area contributed by atoms with Gasteiger partial charge in [-0.15, -0.1) is 0 Å². The molecule has 96 valence electrons. The molecule has 0 spiro atoms. The van der Waals surface area contributed by atoms with Crippen molar-refractivity contribution >= 4 is 0 Å². The Balaban J connectivity index is 2.39. The lowest BCUT2D eigenvalue weighted by molar-refractivity contribution is 0.233. The van der Waals surface area contributed by atoms with Gasteiger partial charge in [0, 0.05) is 25.1 Å². The lowest BCUT2D eigenvalue weighted by Crippen LogP contribution is -2.35. The fourth-order valence-electron chi connectivity index (χ4n) is 1.33. The van der Waals surface area contributed by atoms with Crippen molar-refractivity contribution in [3.05, 3.63) is 29.8 Å². The molecule has 0 unspecified atom stereocenters. The lowest BCUT2D eigenvalue weighted by Gasteiger charge is -2.20. The third-order valence-corrected chi connectivity index (χ3v) is 2.32. The molecule has 1 aromatic rings. The topological polar surface area (TPSA) is 41.5 Å². The Labute approximate surface area is 104 Å². The summed E-state index contributed by atoms with van der Waals surface area (Å²) in [5, 5.41) is 12.1. The molecule has 0 amide bonds. The smallest absolute Gasteiger partial charge is 0.119 e. The summed E-state index contributed by atoms with van der Waals surface area (Å²) in [7, 11) is 0. The lowest BCUT2D eigenvalue weighted by atomic mass is 10.1. The van der Waals surface area contributed by atoms with Crippen molar-refractivity contribution in [2.45, 2.75) is 39.3 Å². The van der Waals surface area contributed by atoms with Crippen LogP contribution in [0.15, 0.2) is 24.3 Å². The van der Waals surface area contributed by atoms with Gasteiger partial charge >= 0.3 is 0 Å². The summed E-state index contributed by atoms with van der Waals surface area (Å²) in [5.41, 5.74) is 1.38. The van der Waals surface area contributed by atoms with E-state index in [9.17, 15) is 0 Å². The molecule has 2 N–H and O–H groups in total. The second kappa shape index (κ2) is 6.62. The summed E-state index contributed by atoms with van der Waals surface area (Å²) in [6, 6.07) is 8.06. The third kappa shape index (κ3) is 6.29. The average molecular weight is 237 g/mol. The normalized spacial score (nSPS) is 11.5. The molecule has 0 aliphatic rings. The predicted molar refractivity (Wildman–Crippen MR) is 70.2 cm³/mol. The van der Waals surface area contributed by atoms with E-state index in [1.54, 1.807) is 0 Å². The van der Waals surface area contributed by atoms with Gasteiger partial charge in [0.15, 0.2) is 0 Å². The Morgan fingerprint density at radius 1 is 1.18 bits per heavy atom. The zero-order valence-electron chi connectivity index (χ0n) is 11.0. The molecule has 0 aromatic heterocycles. The first-order chi connectivity index (χ1) is 8.01. The van der Waals surface area contributed by atoms with Crippen LogP contribution in [0.4, 0.5) is 0 Å². The minimum atomic E-state index is 0.135. The van der Waals surface area contributed by atoms with Crippen LogP contribution >= 0.6 is 0 Å². The van der Waals surface area contributed by atoms with Crippen LogP contribution < -0.4 is 10.1 Å². The Kier molecular flexibility index (Phi) is 5.45. The molecular formula is C14H23NO2. The van der Waals surface area contributed by atoms with Crippen molar-refractivity contribution in [1.29, 1.82) is 0 Å². The Bertz CT molecular complexity index is 314. The summed E-state index contributed by atoms with van der Waals surface area (Å²) in [6.45, 7) is 8.06. The van der Waals surface area contributed by atoms with E-state index in [0.717, 1.165) is 12.3 Å². The van der Waals surface area contributed by atoms with Crippen molar-refractivity contribution in [1.82, 2.24) is 5.32 Å². The van der Waals surface area contributed by atoms with Gasteiger partial charge in [0.25, 0.3) is 0 Å². The quantitative estimate of drug-likeness (QED) is 0.746. The highest BCUT2D eigenvalue weighted by atomic mass is 16.5. The number of aliphatic hydroxyl groups excluding tert-OH is 1. The maximum Gasteiger partial charge on any atom is 0.119 e. The maximum absolute atomic E-state index is 8.65. The van der Waals surface area contributed by atoms with Gasteiger partial charge in [0.05, 0.1) is 6.61 Å². The minimum Gasteiger partial charge on any atom is -0.494 e. The van der Waals surface area contributed by atoms with Crippen molar-refractivity contribution < 1.29 is 9.84 Å². The molecular weight excluding hydrogens is 214 g/mol. The Hall–Kier alpha value is -1.06. The van der Waals surface area contributed by atoms with Crippen LogP contribution in [-0.4, -0.2) is 23.9 Å². The number of benzene rings is 1. The number of rotatable bonds is 6. The summed E-state index contributed by atoms with van der Waals surface area (Å²) < 4.78 is 5.47. The first-order valence-corrected chi connectivity index (χ1v) is 6.09. The largest absolute Gasteiger partial charge is 0.494 e. The van der Waals surface area contributed by atoms with E-state index in [1.165, 1.54) is 5.56 Å². The molecule has 0 aliphatic carbocycles. The molecule has 0 bridgehead atoms. The summed E-state index contributed by atoms with van der Waals surface area (Å²) in [4.78, 5) is 0. The number of hydrogen-bond donors (Lipinski definition) is 2. The minimum absolute atomic E-state index is 0.135. The first kappa shape index (κ1) is 14.0. The second-order valence-electron chi connectivity index (χ2n) is 5.17. The van der Waals surface area contributed by atoms with Crippen LogP contribution in [-0.2, 0) is 6.54 Å². The van der Waals surface area contributed by atoms with Gasteiger partial charge in [-0.1, -0.05) is 12.1 Å². The van der Waals surface area contributed by atoms with Crippen LogP contribution in [0.3, 0.4) is 0 Å². The van der Waals surface area contributed by atoms with Crippen molar-refractivity contribution in [2.24, 2.45) is 0 Å².